The van der Waals surface area contributed by atoms with E-state index >= 15 is 0 Å². The number of aromatic nitrogens is 4. The van der Waals surface area contributed by atoms with E-state index in [0.717, 1.165) is 11.8 Å². The first kappa shape index (κ1) is 7.99. The lowest BCUT2D eigenvalue weighted by Gasteiger charge is -1.92. The van der Waals surface area contributed by atoms with Gasteiger partial charge in [-0.05, 0) is 10.4 Å². The normalized spacial score (nSPS) is 9.91. The average Bonchev–Trinajstić information content (AvgIpc) is 2.31. The fourth-order valence-electron chi connectivity index (χ4n) is 0.474. The molecule has 7 heteroatoms. The molecule has 0 bridgehead atoms. The Morgan fingerprint density at radius 2 is 2.55 bits per heavy atom. The molecule has 1 rings (SSSR count). The molecule has 0 fully saturated rings. The van der Waals surface area contributed by atoms with Crippen molar-refractivity contribution in [2.45, 2.75) is 5.16 Å². The predicted molar refractivity (Wildman–Crippen MR) is 37.6 cm³/mol. The summed E-state index contributed by atoms with van der Waals surface area (Å²) < 4.78 is 1.45. The van der Waals surface area contributed by atoms with E-state index in [1.165, 1.54) is 4.68 Å². The molecule has 0 aliphatic heterocycles. The van der Waals surface area contributed by atoms with Crippen molar-refractivity contribution in [3.8, 4) is 0 Å². The van der Waals surface area contributed by atoms with Gasteiger partial charge in [0.1, 0.15) is 0 Å². The Bertz CT molecular complexity index is 259. The van der Waals surface area contributed by atoms with Gasteiger partial charge < -0.3 is 0 Å². The summed E-state index contributed by atoms with van der Waals surface area (Å²) in [6.45, 7) is 0. The van der Waals surface area contributed by atoms with Gasteiger partial charge in [-0.25, -0.2) is 4.68 Å². The van der Waals surface area contributed by atoms with Crippen molar-refractivity contribution in [3.05, 3.63) is 0 Å². The van der Waals surface area contributed by atoms with Crippen LogP contribution in [0, 0.1) is 0 Å². The molecular weight excluding hydrogens is 166 g/mol. The van der Waals surface area contributed by atoms with Crippen molar-refractivity contribution >= 4 is 17.7 Å². The molecule has 6 nitrogen and oxygen atoms in total. The summed E-state index contributed by atoms with van der Waals surface area (Å²) in [7, 11) is 1.68. The Labute approximate surface area is 67.1 Å². The number of amides is 1. The number of thioether (sulfide) groups is 1. The minimum Gasteiger partial charge on any atom is -0.272 e. The fraction of sp³-hybridized carbons (Fsp3) is 0.500. The molecule has 0 spiro atoms. The van der Waals surface area contributed by atoms with Crippen LogP contribution in [0.3, 0.4) is 0 Å². The molecule has 1 aromatic rings. The summed E-state index contributed by atoms with van der Waals surface area (Å²) in [5.74, 6) is -0.535. The first-order valence-electron chi connectivity index (χ1n) is 2.79. The Morgan fingerprint density at radius 1 is 1.82 bits per heavy atom. The molecule has 1 heterocycles. The quantitative estimate of drug-likeness (QED) is 0.552. The van der Waals surface area contributed by atoms with Crippen molar-refractivity contribution in [2.24, 2.45) is 7.05 Å². The lowest BCUT2D eigenvalue weighted by molar-refractivity contribution is -0.116. The number of aryl methyl sites for hydroxylation is 1. The van der Waals surface area contributed by atoms with Gasteiger partial charge in [0.2, 0.25) is 11.1 Å². The maximum atomic E-state index is 10.2. The summed E-state index contributed by atoms with van der Waals surface area (Å²) in [5, 5.41) is 11.1. The third-order valence-corrected chi connectivity index (χ3v) is 1.92. The van der Waals surface area contributed by atoms with Crippen LogP contribution < -0.4 is 5.73 Å². The molecule has 59 valence electrons. The standard InChI is InChI=1S/C4H6N5OS/c1-9-4(6-7-8-9)11-2-3(5)10/h5H,2H2,1H3. The minimum atomic E-state index is -0.627. The highest BCUT2D eigenvalue weighted by molar-refractivity contribution is 7.99. The molecule has 0 saturated carbocycles. The molecule has 11 heavy (non-hydrogen) atoms. The number of nitrogens with one attached hydrogen (secondary N) is 1. The second kappa shape index (κ2) is 3.33. The van der Waals surface area contributed by atoms with Crippen molar-refractivity contribution < 1.29 is 4.79 Å². The Hall–Kier alpha value is -1.11. The van der Waals surface area contributed by atoms with Gasteiger partial charge in [-0.2, -0.15) is 0 Å². The van der Waals surface area contributed by atoms with Crippen LogP contribution in [0.2, 0.25) is 0 Å². The zero-order chi connectivity index (χ0) is 8.27. The SMILES string of the molecule is Cn1nnnc1SCC([NH])=O. The first-order valence-corrected chi connectivity index (χ1v) is 3.78. The summed E-state index contributed by atoms with van der Waals surface area (Å²) in [4.78, 5) is 10.2. The largest absolute Gasteiger partial charge is 0.272 e. The topological polar surface area (TPSA) is 84.5 Å². The van der Waals surface area contributed by atoms with Crippen LogP contribution in [0.25, 0.3) is 0 Å². The van der Waals surface area contributed by atoms with Gasteiger partial charge >= 0.3 is 0 Å². The van der Waals surface area contributed by atoms with Gasteiger partial charge in [-0.15, -0.1) is 5.10 Å². The lowest BCUT2D eigenvalue weighted by Crippen LogP contribution is -2.02. The fourth-order valence-corrected chi connectivity index (χ4v) is 1.05. The number of carbonyl (C=O) groups excluding carboxylic acids is 1. The van der Waals surface area contributed by atoms with Gasteiger partial charge in [0, 0.05) is 7.05 Å². The monoisotopic (exact) mass is 172 g/mol. The van der Waals surface area contributed by atoms with E-state index in [0.29, 0.717) is 5.16 Å². The minimum absolute atomic E-state index is 0.0915. The summed E-state index contributed by atoms with van der Waals surface area (Å²) in [6, 6.07) is 0. The molecule has 0 saturated heterocycles. The maximum absolute atomic E-state index is 10.2. The third-order valence-electron chi connectivity index (χ3n) is 0.914. The Morgan fingerprint density at radius 3 is 3.00 bits per heavy atom. The average molecular weight is 172 g/mol. The Balaban J connectivity index is 2.51. The van der Waals surface area contributed by atoms with Crippen molar-refractivity contribution in [2.75, 3.05) is 5.75 Å². The van der Waals surface area contributed by atoms with Crippen LogP contribution in [0.1, 0.15) is 0 Å². The molecular formula is C4H6N5OS. The smallest absolute Gasteiger partial charge is 0.248 e. The second-order valence-electron chi connectivity index (χ2n) is 1.80. The van der Waals surface area contributed by atoms with E-state index in [1.807, 2.05) is 0 Å². The lowest BCUT2D eigenvalue weighted by atomic mass is 10.8. The molecule has 0 aliphatic carbocycles. The zero-order valence-electron chi connectivity index (χ0n) is 5.81. The highest BCUT2D eigenvalue weighted by Gasteiger charge is 2.04. The predicted octanol–water partition coefficient (Wildman–Crippen LogP) is -0.888. The van der Waals surface area contributed by atoms with Crippen molar-refractivity contribution in [1.82, 2.24) is 25.9 Å². The van der Waals surface area contributed by atoms with Crippen molar-refractivity contribution in [1.29, 1.82) is 0 Å². The zero-order valence-corrected chi connectivity index (χ0v) is 6.63. The number of rotatable bonds is 3. The van der Waals surface area contributed by atoms with Gasteiger partial charge in [-0.1, -0.05) is 11.8 Å². The number of nitrogens with zero attached hydrogens (tertiary/aromatic N) is 4. The number of hydrogen-bond acceptors (Lipinski definition) is 5. The highest BCUT2D eigenvalue weighted by atomic mass is 32.2. The first-order chi connectivity index (χ1) is 5.20. The van der Waals surface area contributed by atoms with Gasteiger partial charge in [0.15, 0.2) is 0 Å². The molecule has 0 aromatic carbocycles. The molecule has 1 amide bonds. The van der Waals surface area contributed by atoms with Gasteiger partial charge in [0.05, 0.1) is 5.75 Å². The number of tetrazole rings is 1. The number of hydrogen-bond donors (Lipinski definition) is 0. The van der Waals surface area contributed by atoms with Gasteiger partial charge in [-0.3, -0.25) is 10.5 Å². The molecule has 0 aliphatic rings. The van der Waals surface area contributed by atoms with Crippen LogP contribution in [0.5, 0.6) is 0 Å². The summed E-state index contributed by atoms with van der Waals surface area (Å²) in [6.07, 6.45) is 0. The van der Waals surface area contributed by atoms with Crippen LogP contribution in [-0.4, -0.2) is 31.9 Å². The van der Waals surface area contributed by atoms with E-state index in [4.69, 9.17) is 5.73 Å². The molecule has 1 aromatic heterocycles. The second-order valence-corrected chi connectivity index (χ2v) is 2.74. The van der Waals surface area contributed by atoms with Crippen LogP contribution >= 0.6 is 11.8 Å². The summed E-state index contributed by atoms with van der Waals surface area (Å²) >= 11 is 1.15. The third kappa shape index (κ3) is 2.19. The van der Waals surface area contributed by atoms with E-state index in [9.17, 15) is 4.79 Å². The van der Waals surface area contributed by atoms with E-state index in [-0.39, 0.29) is 5.75 Å². The molecule has 0 unspecified atom stereocenters. The molecule has 0 atom stereocenters. The van der Waals surface area contributed by atoms with Gasteiger partial charge in [0.25, 0.3) is 0 Å². The van der Waals surface area contributed by atoms with E-state index in [1.54, 1.807) is 7.05 Å². The van der Waals surface area contributed by atoms with Crippen LogP contribution in [0.4, 0.5) is 0 Å². The molecule has 1 N–H and O–H groups in total. The van der Waals surface area contributed by atoms with Crippen molar-refractivity contribution in [3.63, 3.8) is 0 Å². The molecule has 1 radical (unpaired) electrons. The van der Waals surface area contributed by atoms with Crippen LogP contribution in [-0.2, 0) is 11.8 Å². The van der Waals surface area contributed by atoms with Crippen LogP contribution in [0.15, 0.2) is 5.16 Å². The number of carbonyl (C=O) groups is 1. The Kier molecular flexibility index (Phi) is 2.42. The van der Waals surface area contributed by atoms with E-state index in [2.05, 4.69) is 15.5 Å². The highest BCUT2D eigenvalue weighted by Crippen LogP contribution is 2.10. The van der Waals surface area contributed by atoms with E-state index < -0.39 is 5.91 Å². The maximum Gasteiger partial charge on any atom is 0.248 e. The summed E-state index contributed by atoms with van der Waals surface area (Å²) in [5.41, 5.74) is 6.61.